The van der Waals surface area contributed by atoms with Gasteiger partial charge in [-0.15, -0.1) is 0 Å². The molecule has 5 heteroatoms. The number of carbonyl (C=O) groups is 1. The van der Waals surface area contributed by atoms with E-state index in [1.807, 2.05) is 0 Å². The van der Waals surface area contributed by atoms with Crippen LogP contribution in [-0.4, -0.2) is 16.2 Å². The summed E-state index contributed by atoms with van der Waals surface area (Å²) in [5.41, 5.74) is 0.442. The summed E-state index contributed by atoms with van der Waals surface area (Å²) in [4.78, 5) is 10.2. The van der Waals surface area contributed by atoms with Gasteiger partial charge in [-0.25, -0.2) is 4.79 Å². The molecule has 0 heterocycles. The highest BCUT2D eigenvalue weighted by atomic mass is 35.5. The number of phenolic OH excluding ortho intramolecular Hbond substituents is 1. The largest absolute Gasteiger partial charge is 0.506 e. The number of rotatable bonds is 2. The first-order chi connectivity index (χ1) is 6.50. The predicted molar refractivity (Wildman–Crippen MR) is 54.8 cm³/mol. The molecular formula is C9H6Cl2O3. The van der Waals surface area contributed by atoms with Crippen LogP contribution in [0.25, 0.3) is 6.08 Å². The fourth-order valence-corrected chi connectivity index (χ4v) is 1.23. The highest BCUT2D eigenvalue weighted by Gasteiger charge is 2.04. The molecule has 0 unspecified atom stereocenters. The zero-order valence-electron chi connectivity index (χ0n) is 6.87. The number of carboxylic acids is 1. The quantitative estimate of drug-likeness (QED) is 0.772. The van der Waals surface area contributed by atoms with E-state index in [2.05, 4.69) is 0 Å². The van der Waals surface area contributed by atoms with Crippen LogP contribution in [0.5, 0.6) is 5.75 Å². The van der Waals surface area contributed by atoms with Gasteiger partial charge in [-0.3, -0.25) is 0 Å². The zero-order valence-corrected chi connectivity index (χ0v) is 8.38. The number of aromatic hydroxyl groups is 1. The summed E-state index contributed by atoms with van der Waals surface area (Å²) >= 11 is 11.3. The summed E-state index contributed by atoms with van der Waals surface area (Å²) in [5.74, 6) is -1.21. The molecule has 1 aromatic carbocycles. The van der Waals surface area contributed by atoms with Gasteiger partial charge in [0.25, 0.3) is 0 Å². The Labute approximate surface area is 90.2 Å². The molecule has 0 radical (unpaired) electrons. The van der Waals surface area contributed by atoms with Crippen LogP contribution >= 0.6 is 23.2 Å². The van der Waals surface area contributed by atoms with E-state index in [1.54, 1.807) is 0 Å². The van der Waals surface area contributed by atoms with Crippen molar-refractivity contribution in [1.29, 1.82) is 0 Å². The Balaban J connectivity index is 3.10. The Hall–Kier alpha value is -1.19. The molecule has 3 nitrogen and oxygen atoms in total. The molecule has 14 heavy (non-hydrogen) atoms. The first-order valence-electron chi connectivity index (χ1n) is 3.59. The fourth-order valence-electron chi connectivity index (χ4n) is 0.841. The van der Waals surface area contributed by atoms with Crippen molar-refractivity contribution in [3.8, 4) is 5.75 Å². The Bertz CT molecular complexity index is 399. The van der Waals surface area contributed by atoms with E-state index in [0.29, 0.717) is 5.56 Å². The molecular weight excluding hydrogens is 227 g/mol. The normalized spacial score (nSPS) is 10.7. The molecule has 0 aliphatic rings. The third kappa shape index (κ3) is 2.65. The van der Waals surface area contributed by atoms with Crippen LogP contribution in [0.2, 0.25) is 10.0 Å². The maximum absolute atomic E-state index is 10.2. The molecule has 0 aliphatic heterocycles. The molecule has 0 spiro atoms. The molecule has 0 saturated heterocycles. The van der Waals surface area contributed by atoms with Crippen molar-refractivity contribution in [2.24, 2.45) is 0 Å². The standard InChI is InChI=1S/C9H6Cl2O3/c10-6-4-8(12)7(11)3-5(6)1-2-9(13)14/h1-4,12H,(H,13,14)/b2-1+. The van der Waals surface area contributed by atoms with Gasteiger partial charge in [0.2, 0.25) is 0 Å². The van der Waals surface area contributed by atoms with Crippen molar-refractivity contribution in [2.45, 2.75) is 0 Å². The molecule has 0 amide bonds. The molecule has 0 saturated carbocycles. The zero-order chi connectivity index (χ0) is 10.7. The SMILES string of the molecule is O=C(O)/C=C/c1cc(Cl)c(O)cc1Cl. The molecule has 2 N–H and O–H groups in total. The van der Waals surface area contributed by atoms with Gasteiger partial charge in [0, 0.05) is 12.1 Å². The lowest BCUT2D eigenvalue weighted by Crippen LogP contribution is -1.86. The Morgan fingerprint density at radius 2 is 1.93 bits per heavy atom. The van der Waals surface area contributed by atoms with Crippen LogP contribution in [0.15, 0.2) is 18.2 Å². The summed E-state index contributed by atoms with van der Waals surface area (Å²) in [5, 5.41) is 17.9. The second kappa shape index (κ2) is 4.35. The van der Waals surface area contributed by atoms with Gasteiger partial charge >= 0.3 is 5.97 Å². The first-order valence-corrected chi connectivity index (χ1v) is 4.35. The molecule has 74 valence electrons. The average molecular weight is 233 g/mol. The van der Waals surface area contributed by atoms with Crippen LogP contribution < -0.4 is 0 Å². The average Bonchev–Trinajstić information content (AvgIpc) is 2.09. The first kappa shape index (κ1) is 10.9. The van der Waals surface area contributed by atoms with Crippen molar-refractivity contribution >= 4 is 35.2 Å². The molecule has 0 fully saturated rings. The van der Waals surface area contributed by atoms with E-state index in [-0.39, 0.29) is 15.8 Å². The Morgan fingerprint density at radius 1 is 1.29 bits per heavy atom. The van der Waals surface area contributed by atoms with Gasteiger partial charge in [0.1, 0.15) is 5.75 Å². The van der Waals surface area contributed by atoms with E-state index in [1.165, 1.54) is 18.2 Å². The lowest BCUT2D eigenvalue weighted by Gasteiger charge is -2.01. The molecule has 0 aromatic heterocycles. The van der Waals surface area contributed by atoms with Crippen LogP contribution in [0, 0.1) is 0 Å². The van der Waals surface area contributed by atoms with Gasteiger partial charge in [-0.1, -0.05) is 23.2 Å². The van der Waals surface area contributed by atoms with Crippen molar-refractivity contribution in [3.05, 3.63) is 33.8 Å². The van der Waals surface area contributed by atoms with E-state index in [9.17, 15) is 4.79 Å². The van der Waals surface area contributed by atoms with Crippen molar-refractivity contribution < 1.29 is 15.0 Å². The van der Waals surface area contributed by atoms with Gasteiger partial charge in [0.05, 0.1) is 10.0 Å². The number of aliphatic carboxylic acids is 1. The number of benzene rings is 1. The van der Waals surface area contributed by atoms with Crippen molar-refractivity contribution in [3.63, 3.8) is 0 Å². The van der Waals surface area contributed by atoms with Crippen LogP contribution in [0.4, 0.5) is 0 Å². The molecule has 1 aromatic rings. The van der Waals surface area contributed by atoms with Gasteiger partial charge in [-0.2, -0.15) is 0 Å². The van der Waals surface area contributed by atoms with Gasteiger partial charge < -0.3 is 10.2 Å². The van der Waals surface area contributed by atoms with Crippen LogP contribution in [0.3, 0.4) is 0 Å². The number of hydrogen-bond donors (Lipinski definition) is 2. The van der Waals surface area contributed by atoms with Gasteiger partial charge in [0.15, 0.2) is 0 Å². The molecule has 0 atom stereocenters. The minimum Gasteiger partial charge on any atom is -0.506 e. The van der Waals surface area contributed by atoms with E-state index in [4.69, 9.17) is 33.4 Å². The third-order valence-corrected chi connectivity index (χ3v) is 2.10. The highest BCUT2D eigenvalue weighted by molar-refractivity contribution is 6.35. The highest BCUT2D eigenvalue weighted by Crippen LogP contribution is 2.30. The third-order valence-electron chi connectivity index (χ3n) is 1.47. The summed E-state index contributed by atoms with van der Waals surface area (Å²) in [6.45, 7) is 0. The smallest absolute Gasteiger partial charge is 0.328 e. The Kier molecular flexibility index (Phi) is 3.38. The van der Waals surface area contributed by atoms with Crippen LogP contribution in [-0.2, 0) is 4.79 Å². The summed E-state index contributed by atoms with van der Waals surface area (Å²) in [6.07, 6.45) is 2.24. The summed E-state index contributed by atoms with van der Waals surface area (Å²) < 4.78 is 0. The maximum atomic E-state index is 10.2. The molecule has 0 aliphatic carbocycles. The number of hydrogen-bond acceptors (Lipinski definition) is 2. The van der Waals surface area contributed by atoms with Crippen molar-refractivity contribution in [2.75, 3.05) is 0 Å². The minimum absolute atomic E-state index is 0.124. The second-order valence-electron chi connectivity index (χ2n) is 2.50. The number of halogens is 2. The molecule has 0 bridgehead atoms. The number of phenols is 1. The summed E-state index contributed by atoms with van der Waals surface area (Å²) in [7, 11) is 0. The predicted octanol–water partition coefficient (Wildman–Crippen LogP) is 2.80. The lowest BCUT2D eigenvalue weighted by molar-refractivity contribution is -0.131. The fraction of sp³-hybridized carbons (Fsp3) is 0. The maximum Gasteiger partial charge on any atom is 0.328 e. The number of carboxylic acid groups (broad SMARTS) is 1. The topological polar surface area (TPSA) is 57.5 Å². The second-order valence-corrected chi connectivity index (χ2v) is 3.31. The van der Waals surface area contributed by atoms with E-state index >= 15 is 0 Å². The van der Waals surface area contributed by atoms with Gasteiger partial charge in [-0.05, 0) is 17.7 Å². The molecule has 1 rings (SSSR count). The van der Waals surface area contributed by atoms with E-state index < -0.39 is 5.97 Å². The lowest BCUT2D eigenvalue weighted by atomic mass is 10.2. The van der Waals surface area contributed by atoms with E-state index in [0.717, 1.165) is 6.08 Å². The van der Waals surface area contributed by atoms with Crippen molar-refractivity contribution in [1.82, 2.24) is 0 Å². The Morgan fingerprint density at radius 3 is 2.50 bits per heavy atom. The van der Waals surface area contributed by atoms with Crippen LogP contribution in [0.1, 0.15) is 5.56 Å². The monoisotopic (exact) mass is 232 g/mol. The minimum atomic E-state index is -1.08. The summed E-state index contributed by atoms with van der Waals surface area (Å²) in [6, 6.07) is 2.64.